The van der Waals surface area contributed by atoms with E-state index in [2.05, 4.69) is 25.6 Å². The Kier molecular flexibility index (Phi) is 7.68. The number of nitrogens with one attached hydrogen (secondary N) is 2. The van der Waals surface area contributed by atoms with Crippen LogP contribution in [-0.4, -0.2) is 74.8 Å². The quantitative estimate of drug-likeness (QED) is 0.502. The molecule has 0 aliphatic rings. The van der Waals surface area contributed by atoms with Crippen LogP contribution < -0.4 is 10.6 Å². The molecule has 0 radical (unpaired) electrons. The fraction of sp³-hybridized carbons (Fsp3) is 0.733. The van der Waals surface area contributed by atoms with Crippen LogP contribution in [0.2, 0.25) is 0 Å². The highest BCUT2D eigenvalue weighted by Gasteiger charge is 2.17. The van der Waals surface area contributed by atoms with Crippen molar-refractivity contribution in [1.82, 2.24) is 25.3 Å². The lowest BCUT2D eigenvalue weighted by Gasteiger charge is -2.25. The SMILES string of the molecule is CN=C(NCC(c1cnn(C)c1)N(C)C)NC(C)CCS(C)(=O)=O. The van der Waals surface area contributed by atoms with Gasteiger partial charge in [0.15, 0.2) is 5.96 Å². The Hall–Kier alpha value is -1.61. The van der Waals surface area contributed by atoms with E-state index >= 15 is 0 Å². The summed E-state index contributed by atoms with van der Waals surface area (Å²) in [6.45, 7) is 2.61. The zero-order valence-electron chi connectivity index (χ0n) is 15.4. The molecule has 0 fully saturated rings. The summed E-state index contributed by atoms with van der Waals surface area (Å²) in [4.78, 5) is 6.32. The molecule has 8 nitrogen and oxygen atoms in total. The van der Waals surface area contributed by atoms with Gasteiger partial charge in [0.05, 0.1) is 18.0 Å². The zero-order chi connectivity index (χ0) is 18.3. The molecule has 24 heavy (non-hydrogen) atoms. The lowest BCUT2D eigenvalue weighted by Crippen LogP contribution is -2.45. The van der Waals surface area contributed by atoms with E-state index in [1.807, 2.05) is 40.5 Å². The summed E-state index contributed by atoms with van der Waals surface area (Å²) in [7, 11) is 4.69. The van der Waals surface area contributed by atoms with Gasteiger partial charge in [-0.1, -0.05) is 0 Å². The molecule has 1 aromatic heterocycles. The van der Waals surface area contributed by atoms with Crippen LogP contribution in [0.5, 0.6) is 0 Å². The Labute approximate surface area is 145 Å². The summed E-state index contributed by atoms with van der Waals surface area (Å²) in [6.07, 6.45) is 5.65. The highest BCUT2D eigenvalue weighted by Crippen LogP contribution is 2.15. The second-order valence-corrected chi connectivity index (χ2v) is 8.60. The fourth-order valence-electron chi connectivity index (χ4n) is 2.30. The monoisotopic (exact) mass is 358 g/mol. The molecule has 0 aromatic carbocycles. The Balaban J connectivity index is 2.58. The molecule has 0 amide bonds. The predicted octanol–water partition coefficient (Wildman–Crippen LogP) is 0.0110. The van der Waals surface area contributed by atoms with Crippen molar-refractivity contribution < 1.29 is 8.42 Å². The smallest absolute Gasteiger partial charge is 0.191 e. The average molecular weight is 359 g/mol. The van der Waals surface area contributed by atoms with Crippen molar-refractivity contribution in [2.45, 2.75) is 25.4 Å². The van der Waals surface area contributed by atoms with Crippen LogP contribution in [0.1, 0.15) is 24.9 Å². The number of hydrogen-bond donors (Lipinski definition) is 2. The van der Waals surface area contributed by atoms with E-state index in [9.17, 15) is 8.42 Å². The van der Waals surface area contributed by atoms with Gasteiger partial charge in [-0.15, -0.1) is 0 Å². The van der Waals surface area contributed by atoms with Crippen molar-refractivity contribution in [2.75, 3.05) is 39.7 Å². The number of aromatic nitrogens is 2. The van der Waals surface area contributed by atoms with Gasteiger partial charge in [0, 0.05) is 44.7 Å². The van der Waals surface area contributed by atoms with Crippen molar-refractivity contribution in [3.05, 3.63) is 18.0 Å². The van der Waals surface area contributed by atoms with E-state index in [4.69, 9.17) is 0 Å². The average Bonchev–Trinajstić information content (AvgIpc) is 2.89. The van der Waals surface area contributed by atoms with E-state index in [1.165, 1.54) is 6.26 Å². The van der Waals surface area contributed by atoms with Crippen LogP contribution in [0.15, 0.2) is 17.4 Å². The molecule has 0 bridgehead atoms. The normalized spacial score (nSPS) is 15.4. The van der Waals surface area contributed by atoms with E-state index < -0.39 is 9.84 Å². The summed E-state index contributed by atoms with van der Waals surface area (Å²) < 4.78 is 24.3. The Morgan fingerprint density at radius 1 is 1.46 bits per heavy atom. The van der Waals surface area contributed by atoms with Gasteiger partial charge < -0.3 is 15.5 Å². The number of aliphatic imine (C=N–C) groups is 1. The van der Waals surface area contributed by atoms with Crippen LogP contribution >= 0.6 is 0 Å². The zero-order valence-corrected chi connectivity index (χ0v) is 16.3. The summed E-state index contributed by atoms with van der Waals surface area (Å²) in [5, 5.41) is 10.7. The second-order valence-electron chi connectivity index (χ2n) is 6.34. The molecule has 1 aromatic rings. The van der Waals surface area contributed by atoms with Crippen LogP contribution in [0.3, 0.4) is 0 Å². The minimum Gasteiger partial charge on any atom is -0.354 e. The Bertz CT molecular complexity index is 638. The van der Waals surface area contributed by atoms with Crippen LogP contribution in [0.4, 0.5) is 0 Å². The molecule has 1 heterocycles. The molecule has 2 unspecified atom stereocenters. The third-order valence-electron chi connectivity index (χ3n) is 3.72. The fourth-order valence-corrected chi connectivity index (χ4v) is 3.08. The molecule has 0 saturated heterocycles. The van der Waals surface area contributed by atoms with E-state index in [0.717, 1.165) is 5.56 Å². The van der Waals surface area contributed by atoms with E-state index in [0.29, 0.717) is 18.9 Å². The maximum Gasteiger partial charge on any atom is 0.191 e. The van der Waals surface area contributed by atoms with Crippen molar-refractivity contribution in [3.8, 4) is 0 Å². The molecular formula is C15H30N6O2S. The summed E-state index contributed by atoms with van der Waals surface area (Å²) in [5.41, 5.74) is 1.12. The molecule has 138 valence electrons. The molecule has 0 saturated carbocycles. The topological polar surface area (TPSA) is 91.6 Å². The van der Waals surface area contributed by atoms with Gasteiger partial charge in [0.1, 0.15) is 9.84 Å². The molecular weight excluding hydrogens is 328 g/mol. The number of hydrogen-bond acceptors (Lipinski definition) is 5. The van der Waals surface area contributed by atoms with E-state index in [-0.39, 0.29) is 17.8 Å². The first-order valence-corrected chi connectivity index (χ1v) is 9.98. The molecule has 1 rings (SSSR count). The van der Waals surface area contributed by atoms with Gasteiger partial charge in [-0.05, 0) is 27.4 Å². The van der Waals surface area contributed by atoms with Crippen LogP contribution in [0, 0.1) is 0 Å². The minimum absolute atomic E-state index is 0.0159. The van der Waals surface area contributed by atoms with Gasteiger partial charge in [-0.25, -0.2) is 8.42 Å². The van der Waals surface area contributed by atoms with Gasteiger partial charge in [-0.3, -0.25) is 9.67 Å². The molecule has 9 heteroatoms. The number of sulfone groups is 1. The highest BCUT2D eigenvalue weighted by molar-refractivity contribution is 7.90. The van der Waals surface area contributed by atoms with Crippen molar-refractivity contribution >= 4 is 15.8 Å². The maximum absolute atomic E-state index is 11.3. The summed E-state index contributed by atoms with van der Waals surface area (Å²) in [6, 6.07) is 0.172. The minimum atomic E-state index is -2.95. The molecule has 2 atom stereocenters. The Morgan fingerprint density at radius 2 is 2.12 bits per heavy atom. The number of likely N-dealkylation sites (N-methyl/N-ethyl adjacent to an activating group) is 1. The third kappa shape index (κ3) is 7.31. The Morgan fingerprint density at radius 3 is 2.58 bits per heavy atom. The molecule has 0 aliphatic heterocycles. The van der Waals surface area contributed by atoms with Crippen molar-refractivity contribution in [1.29, 1.82) is 0 Å². The first-order valence-electron chi connectivity index (χ1n) is 7.92. The standard InChI is InChI=1S/C15H30N6O2S/c1-12(7-8-24(6,22)23)19-15(16-2)17-10-14(20(3)4)13-9-18-21(5)11-13/h9,11-12,14H,7-8,10H2,1-6H3,(H2,16,17,19). The van der Waals surface area contributed by atoms with Gasteiger partial charge in [-0.2, -0.15) is 5.10 Å². The van der Waals surface area contributed by atoms with Crippen LogP contribution in [-0.2, 0) is 16.9 Å². The number of nitrogens with zero attached hydrogens (tertiary/aromatic N) is 4. The van der Waals surface area contributed by atoms with Gasteiger partial charge in [0.2, 0.25) is 0 Å². The largest absolute Gasteiger partial charge is 0.354 e. The van der Waals surface area contributed by atoms with Crippen molar-refractivity contribution in [3.63, 3.8) is 0 Å². The third-order valence-corrected chi connectivity index (χ3v) is 4.70. The first kappa shape index (κ1) is 20.4. The highest BCUT2D eigenvalue weighted by atomic mass is 32.2. The van der Waals surface area contributed by atoms with Gasteiger partial charge >= 0.3 is 0 Å². The first-order chi connectivity index (χ1) is 11.1. The van der Waals surface area contributed by atoms with Gasteiger partial charge in [0.25, 0.3) is 0 Å². The van der Waals surface area contributed by atoms with E-state index in [1.54, 1.807) is 11.7 Å². The predicted molar refractivity (Wildman–Crippen MR) is 97.9 cm³/mol. The number of guanidine groups is 1. The van der Waals surface area contributed by atoms with Crippen molar-refractivity contribution in [2.24, 2.45) is 12.0 Å². The molecule has 2 N–H and O–H groups in total. The van der Waals surface area contributed by atoms with Crippen LogP contribution in [0.25, 0.3) is 0 Å². The maximum atomic E-state index is 11.3. The molecule has 0 spiro atoms. The molecule has 0 aliphatic carbocycles. The lowest BCUT2D eigenvalue weighted by molar-refractivity contribution is 0.298. The number of aryl methyl sites for hydroxylation is 1. The summed E-state index contributed by atoms with van der Waals surface area (Å²) in [5.74, 6) is 0.820. The number of rotatable bonds is 8. The lowest BCUT2D eigenvalue weighted by atomic mass is 10.1. The second kappa shape index (κ2) is 9.03. The summed E-state index contributed by atoms with van der Waals surface area (Å²) >= 11 is 0.